The van der Waals surface area contributed by atoms with E-state index in [-0.39, 0.29) is 29.7 Å². The first-order valence-corrected chi connectivity index (χ1v) is 11.2. The van der Waals surface area contributed by atoms with Crippen LogP contribution in [-0.4, -0.2) is 32.2 Å². The number of benzene rings is 3. The zero-order chi connectivity index (χ0) is 23.9. The summed E-state index contributed by atoms with van der Waals surface area (Å²) >= 11 is 6.31. The molecular formula is C26H26ClF2N3O. The van der Waals surface area contributed by atoms with Gasteiger partial charge in [0, 0.05) is 12.6 Å². The molecule has 3 aromatic carbocycles. The average Bonchev–Trinajstić information content (AvgIpc) is 2.75. The van der Waals surface area contributed by atoms with Crippen molar-refractivity contribution in [3.63, 3.8) is 0 Å². The summed E-state index contributed by atoms with van der Waals surface area (Å²) in [6.07, 6.45) is -0.909. The molecule has 7 heteroatoms. The van der Waals surface area contributed by atoms with Crippen LogP contribution in [0.1, 0.15) is 35.7 Å². The van der Waals surface area contributed by atoms with E-state index in [1.165, 1.54) is 6.07 Å². The number of nitrogens with zero attached hydrogens (tertiary/aromatic N) is 2. The zero-order valence-electron chi connectivity index (χ0n) is 18.8. The van der Waals surface area contributed by atoms with Crippen molar-refractivity contribution < 1.29 is 13.6 Å². The van der Waals surface area contributed by atoms with Crippen LogP contribution in [0.5, 0.6) is 0 Å². The van der Waals surface area contributed by atoms with Crippen LogP contribution in [0.25, 0.3) is 11.1 Å². The molecule has 1 aliphatic heterocycles. The number of rotatable bonds is 6. The summed E-state index contributed by atoms with van der Waals surface area (Å²) in [6.45, 7) is 4.67. The number of hydrogen-bond donors (Lipinski definition) is 1. The van der Waals surface area contributed by atoms with E-state index in [0.717, 1.165) is 22.4 Å². The van der Waals surface area contributed by atoms with Gasteiger partial charge in [-0.3, -0.25) is 4.79 Å². The van der Waals surface area contributed by atoms with Gasteiger partial charge in [-0.05, 0) is 59.0 Å². The third kappa shape index (κ3) is 4.40. The van der Waals surface area contributed by atoms with E-state index in [1.807, 2.05) is 29.2 Å². The molecule has 2 N–H and O–H groups in total. The Balaban J connectivity index is 1.87. The summed E-state index contributed by atoms with van der Waals surface area (Å²) in [7, 11) is 1.74. The smallest absolute Gasteiger partial charge is 0.248 e. The van der Waals surface area contributed by atoms with Crippen molar-refractivity contribution in [2.45, 2.75) is 25.9 Å². The number of halogens is 3. The Morgan fingerprint density at radius 3 is 2.48 bits per heavy atom. The molecule has 0 spiro atoms. The average molecular weight is 470 g/mol. The molecule has 0 aliphatic carbocycles. The van der Waals surface area contributed by atoms with Gasteiger partial charge >= 0.3 is 0 Å². The fraction of sp³-hybridized carbons (Fsp3) is 0.269. The molecule has 1 aliphatic rings. The van der Waals surface area contributed by atoms with Crippen molar-refractivity contribution in [3.05, 3.63) is 76.6 Å². The van der Waals surface area contributed by atoms with E-state index >= 15 is 0 Å². The van der Waals surface area contributed by atoms with E-state index in [0.29, 0.717) is 11.3 Å². The van der Waals surface area contributed by atoms with Crippen LogP contribution < -0.4 is 15.5 Å². The van der Waals surface area contributed by atoms with Gasteiger partial charge in [0.1, 0.15) is 12.0 Å². The first-order valence-electron chi connectivity index (χ1n) is 10.8. The van der Waals surface area contributed by atoms with Gasteiger partial charge in [-0.1, -0.05) is 43.6 Å². The summed E-state index contributed by atoms with van der Waals surface area (Å²) in [5.74, 6) is -0.729. The molecule has 0 bridgehead atoms. The van der Waals surface area contributed by atoms with Gasteiger partial charge < -0.3 is 15.5 Å². The first-order chi connectivity index (χ1) is 15.7. The number of amides is 1. The summed E-state index contributed by atoms with van der Waals surface area (Å²) in [6, 6.07) is 15.7. The molecule has 33 heavy (non-hydrogen) atoms. The van der Waals surface area contributed by atoms with Crippen LogP contribution in [0.2, 0.25) is 5.02 Å². The van der Waals surface area contributed by atoms with Crippen molar-refractivity contribution in [2.75, 3.05) is 29.9 Å². The Kier molecular flexibility index (Phi) is 6.30. The van der Waals surface area contributed by atoms with Crippen LogP contribution in [0.15, 0.2) is 54.6 Å². The SMILES string of the molecule is CC(C)c1ccc(C(N)=O)cc1-c1ccc(N(C)c2c(F)cccc2Cl)c(N2CC(F)C2)c1. The Bertz CT molecular complexity index is 1190. The molecule has 1 amide bonds. The van der Waals surface area contributed by atoms with Crippen molar-refractivity contribution >= 4 is 34.6 Å². The fourth-order valence-corrected chi connectivity index (χ4v) is 4.53. The Labute approximate surface area is 197 Å². The maximum atomic E-state index is 14.6. The number of anilines is 3. The maximum Gasteiger partial charge on any atom is 0.248 e. The minimum Gasteiger partial charge on any atom is -0.366 e. The summed E-state index contributed by atoms with van der Waals surface area (Å²) < 4.78 is 28.4. The number of carbonyl (C=O) groups is 1. The second-order valence-electron chi connectivity index (χ2n) is 8.66. The van der Waals surface area contributed by atoms with E-state index in [2.05, 4.69) is 13.8 Å². The molecule has 0 saturated carbocycles. The van der Waals surface area contributed by atoms with Gasteiger partial charge in [0.25, 0.3) is 0 Å². The number of alkyl halides is 1. The molecule has 1 fully saturated rings. The Morgan fingerprint density at radius 1 is 1.15 bits per heavy atom. The molecule has 0 aromatic heterocycles. The van der Waals surface area contributed by atoms with E-state index in [1.54, 1.807) is 36.2 Å². The number of para-hydroxylation sites is 1. The zero-order valence-corrected chi connectivity index (χ0v) is 19.5. The van der Waals surface area contributed by atoms with Gasteiger partial charge in [0.15, 0.2) is 0 Å². The van der Waals surface area contributed by atoms with Crippen molar-refractivity contribution in [1.29, 1.82) is 0 Å². The summed E-state index contributed by atoms with van der Waals surface area (Å²) in [5.41, 5.74) is 10.5. The monoisotopic (exact) mass is 469 g/mol. The highest BCUT2D eigenvalue weighted by molar-refractivity contribution is 6.33. The van der Waals surface area contributed by atoms with Gasteiger partial charge in [-0.15, -0.1) is 0 Å². The lowest BCUT2D eigenvalue weighted by Crippen LogP contribution is -2.48. The molecule has 1 saturated heterocycles. The summed E-state index contributed by atoms with van der Waals surface area (Å²) in [5, 5.41) is 0.288. The van der Waals surface area contributed by atoms with Crippen molar-refractivity contribution in [3.8, 4) is 11.1 Å². The molecule has 172 valence electrons. The normalized spacial score (nSPS) is 13.8. The Hall–Kier alpha value is -3.12. The highest BCUT2D eigenvalue weighted by Crippen LogP contribution is 2.42. The predicted molar refractivity (Wildman–Crippen MR) is 131 cm³/mol. The van der Waals surface area contributed by atoms with Crippen LogP contribution >= 0.6 is 11.6 Å². The number of carbonyl (C=O) groups excluding carboxylic acids is 1. The van der Waals surface area contributed by atoms with Crippen molar-refractivity contribution in [2.24, 2.45) is 5.73 Å². The molecule has 0 unspecified atom stereocenters. The number of hydrogen-bond acceptors (Lipinski definition) is 3. The summed E-state index contributed by atoms with van der Waals surface area (Å²) in [4.78, 5) is 15.4. The standard InChI is InChI=1S/C26H26ClF2N3O/c1-15(2)19-9-7-17(26(30)33)11-20(19)16-8-10-23(24(12-16)32-13-18(28)14-32)31(3)25-21(27)5-4-6-22(25)29/h4-12,15,18H,13-14H2,1-3H3,(H2,30,33). The molecule has 4 nitrogen and oxygen atoms in total. The topological polar surface area (TPSA) is 49.6 Å². The largest absolute Gasteiger partial charge is 0.366 e. The van der Waals surface area contributed by atoms with Gasteiger partial charge in [0.05, 0.1) is 35.2 Å². The van der Waals surface area contributed by atoms with Crippen LogP contribution in [0, 0.1) is 5.82 Å². The lowest BCUT2D eigenvalue weighted by atomic mass is 9.90. The van der Waals surface area contributed by atoms with E-state index in [4.69, 9.17) is 17.3 Å². The van der Waals surface area contributed by atoms with E-state index in [9.17, 15) is 13.6 Å². The van der Waals surface area contributed by atoms with Crippen LogP contribution in [0.3, 0.4) is 0 Å². The molecule has 3 aromatic rings. The molecule has 0 radical (unpaired) electrons. The highest BCUT2D eigenvalue weighted by Gasteiger charge is 2.30. The van der Waals surface area contributed by atoms with Crippen molar-refractivity contribution in [1.82, 2.24) is 0 Å². The Morgan fingerprint density at radius 2 is 1.88 bits per heavy atom. The van der Waals surface area contributed by atoms with Gasteiger partial charge in [0.2, 0.25) is 5.91 Å². The molecule has 1 heterocycles. The minimum absolute atomic E-state index is 0.212. The number of nitrogens with two attached hydrogens (primary N) is 1. The molecule has 0 atom stereocenters. The quantitative estimate of drug-likeness (QED) is 0.461. The predicted octanol–water partition coefficient (Wildman–Crippen LogP) is 6.29. The number of primary amides is 1. The molecular weight excluding hydrogens is 444 g/mol. The first kappa shape index (κ1) is 23.1. The second kappa shape index (κ2) is 9.02. The van der Waals surface area contributed by atoms with Crippen LogP contribution in [0.4, 0.5) is 25.8 Å². The lowest BCUT2D eigenvalue weighted by molar-refractivity contribution is 0.100. The minimum atomic E-state index is -0.909. The third-order valence-corrected chi connectivity index (χ3v) is 6.36. The maximum absolute atomic E-state index is 14.6. The highest BCUT2D eigenvalue weighted by atomic mass is 35.5. The fourth-order valence-electron chi connectivity index (χ4n) is 4.24. The molecule has 4 rings (SSSR count). The van der Waals surface area contributed by atoms with Gasteiger partial charge in [-0.25, -0.2) is 8.78 Å². The van der Waals surface area contributed by atoms with E-state index < -0.39 is 17.9 Å². The third-order valence-electron chi connectivity index (χ3n) is 6.06. The second-order valence-corrected chi connectivity index (χ2v) is 9.06. The van der Waals surface area contributed by atoms with Gasteiger partial charge in [-0.2, -0.15) is 0 Å². The lowest BCUT2D eigenvalue weighted by Gasteiger charge is -2.39. The van der Waals surface area contributed by atoms with Crippen LogP contribution in [-0.2, 0) is 0 Å².